The van der Waals surface area contributed by atoms with Crippen LogP contribution in [-0.4, -0.2) is 108 Å². The second-order valence-corrected chi connectivity index (χ2v) is 15.1. The number of methoxy groups -OCH3 is 2. The average molecular weight is 748 g/mol. The molecule has 0 radical (unpaired) electrons. The van der Waals surface area contributed by atoms with Crippen LogP contribution in [0, 0.1) is 5.92 Å². The van der Waals surface area contributed by atoms with Crippen LogP contribution in [-0.2, 0) is 9.59 Å². The third kappa shape index (κ3) is 6.68. The molecule has 14 nitrogen and oxygen atoms in total. The number of carbonyl (C=O) groups is 4. The molecule has 4 aliphatic heterocycles. The highest BCUT2D eigenvalue weighted by Gasteiger charge is 2.45. The van der Waals surface area contributed by atoms with Crippen LogP contribution in [0.15, 0.2) is 59.4 Å². The molecule has 3 aromatic carbocycles. The number of H-pyrrole nitrogens is 1. The first-order valence-electron chi connectivity index (χ1n) is 18.9. The number of piperidine rings is 2. The van der Waals surface area contributed by atoms with Crippen LogP contribution in [0.1, 0.15) is 60.2 Å². The predicted molar refractivity (Wildman–Crippen MR) is 207 cm³/mol. The van der Waals surface area contributed by atoms with Crippen LogP contribution in [0.5, 0.6) is 11.5 Å². The first-order valence-corrected chi connectivity index (χ1v) is 18.9. The normalized spacial score (nSPS) is 22.3. The van der Waals surface area contributed by atoms with Gasteiger partial charge >= 0.3 is 0 Å². The Morgan fingerprint density at radius 2 is 1.49 bits per heavy atom. The molecule has 4 amide bonds. The molecule has 14 heteroatoms. The van der Waals surface area contributed by atoms with E-state index in [1.54, 1.807) is 31.4 Å². The van der Waals surface area contributed by atoms with Crippen molar-refractivity contribution < 1.29 is 28.7 Å². The first-order chi connectivity index (χ1) is 26.5. The van der Waals surface area contributed by atoms with Gasteiger partial charge in [-0.2, -0.15) is 0 Å². The van der Waals surface area contributed by atoms with Gasteiger partial charge in [-0.15, -0.1) is 0 Å². The lowest BCUT2D eigenvalue weighted by atomic mass is 9.94. The highest BCUT2D eigenvalue weighted by atomic mass is 16.5. The number of imide groups is 2. The summed E-state index contributed by atoms with van der Waals surface area (Å²) >= 11 is 0. The maximum Gasteiger partial charge on any atom is 0.262 e. The second kappa shape index (κ2) is 14.5. The molecule has 1 aromatic heterocycles. The molecular weight excluding hydrogens is 702 g/mol. The quantitative estimate of drug-likeness (QED) is 0.253. The molecule has 0 saturated carbocycles. The van der Waals surface area contributed by atoms with Crippen molar-refractivity contribution in [1.82, 2.24) is 25.1 Å². The maximum absolute atomic E-state index is 13.5. The van der Waals surface area contributed by atoms with Gasteiger partial charge in [0.15, 0.2) is 0 Å². The molecule has 2 N–H and O–H groups in total. The Bertz CT molecular complexity index is 2240. The maximum atomic E-state index is 13.5. The number of carbonyl (C=O) groups excluding carboxylic acids is 4. The third-order valence-corrected chi connectivity index (χ3v) is 11.6. The number of amides is 4. The van der Waals surface area contributed by atoms with Crippen molar-refractivity contribution >= 4 is 45.9 Å². The highest BCUT2D eigenvalue weighted by molar-refractivity contribution is 6.23. The van der Waals surface area contributed by atoms with E-state index in [0.29, 0.717) is 45.3 Å². The second-order valence-electron chi connectivity index (χ2n) is 15.1. The number of nitrogens with one attached hydrogen (secondary N) is 2. The summed E-state index contributed by atoms with van der Waals surface area (Å²) in [5.74, 6) is 0.0552. The van der Waals surface area contributed by atoms with Gasteiger partial charge in [0.05, 0.1) is 30.9 Å². The van der Waals surface area contributed by atoms with Crippen molar-refractivity contribution in [2.24, 2.45) is 5.92 Å². The number of hydrogen-bond donors (Lipinski definition) is 2. The van der Waals surface area contributed by atoms with Crippen LogP contribution in [0.25, 0.3) is 22.3 Å². The number of hydrogen-bond acceptors (Lipinski definition) is 11. The molecule has 4 aromatic rings. The van der Waals surface area contributed by atoms with E-state index in [-0.39, 0.29) is 30.5 Å². The zero-order valence-electron chi connectivity index (χ0n) is 31.5. The molecule has 3 fully saturated rings. The first kappa shape index (κ1) is 36.2. The van der Waals surface area contributed by atoms with Crippen molar-refractivity contribution in [3.63, 3.8) is 0 Å². The number of piperazine rings is 1. The number of ether oxygens (including phenoxy) is 2. The Hall–Kier alpha value is -5.76. The van der Waals surface area contributed by atoms with Gasteiger partial charge < -0.3 is 24.3 Å². The predicted octanol–water partition coefficient (Wildman–Crippen LogP) is 3.82. The van der Waals surface area contributed by atoms with E-state index in [0.717, 1.165) is 67.4 Å². The van der Waals surface area contributed by atoms with Crippen LogP contribution in [0.3, 0.4) is 0 Å². The van der Waals surface area contributed by atoms with E-state index in [1.165, 1.54) is 7.11 Å². The SMILES string of the molecule is COc1cc(OC)c2c(=O)[nH]c(-c3ccc(N4CCC(CN5CC(C)N(c6ccc7c(c6)C(=O)N(C6CCC(=O)NC6=O)C7=O)C(C)C5)CC4)cc3)nc2c1. The van der Waals surface area contributed by atoms with Crippen LogP contribution in [0.4, 0.5) is 11.4 Å². The molecule has 3 atom stereocenters. The van der Waals surface area contributed by atoms with Gasteiger partial charge in [-0.05, 0) is 81.5 Å². The Labute approximate surface area is 318 Å². The number of aromatic nitrogens is 2. The minimum absolute atomic E-state index is 0.0889. The fourth-order valence-electron chi connectivity index (χ4n) is 8.91. The molecule has 3 saturated heterocycles. The summed E-state index contributed by atoms with van der Waals surface area (Å²) in [7, 11) is 3.08. The van der Waals surface area contributed by atoms with Crippen LogP contribution >= 0.6 is 0 Å². The van der Waals surface area contributed by atoms with E-state index in [9.17, 15) is 24.0 Å². The Morgan fingerprint density at radius 3 is 2.16 bits per heavy atom. The molecule has 4 aliphatic rings. The lowest BCUT2D eigenvalue weighted by Gasteiger charge is -2.47. The zero-order valence-corrected chi connectivity index (χ0v) is 31.5. The molecule has 55 heavy (non-hydrogen) atoms. The Kier molecular flexibility index (Phi) is 9.53. The summed E-state index contributed by atoms with van der Waals surface area (Å²) in [6, 6.07) is 16.3. The summed E-state index contributed by atoms with van der Waals surface area (Å²) in [4.78, 5) is 79.8. The summed E-state index contributed by atoms with van der Waals surface area (Å²) in [5.41, 5.74) is 3.66. The molecule has 0 aliphatic carbocycles. The molecule has 5 heterocycles. The summed E-state index contributed by atoms with van der Waals surface area (Å²) < 4.78 is 10.8. The van der Waals surface area contributed by atoms with Crippen LogP contribution < -0.4 is 30.1 Å². The fraction of sp³-hybridized carbons (Fsp3) is 0.415. The Balaban J connectivity index is 0.870. The number of aromatic amines is 1. The van der Waals surface area contributed by atoms with E-state index in [4.69, 9.17) is 14.5 Å². The van der Waals surface area contributed by atoms with Crippen molar-refractivity contribution in [3.8, 4) is 22.9 Å². The topological polar surface area (TPSA) is 157 Å². The van der Waals surface area contributed by atoms with E-state index in [2.05, 4.69) is 51.0 Å². The molecular formula is C41H45N7O7. The van der Waals surface area contributed by atoms with E-state index >= 15 is 0 Å². The van der Waals surface area contributed by atoms with Crippen LogP contribution in [0.2, 0.25) is 0 Å². The van der Waals surface area contributed by atoms with Gasteiger partial charge in [0.2, 0.25) is 11.8 Å². The van der Waals surface area contributed by atoms with Gasteiger partial charge in [-0.3, -0.25) is 39.1 Å². The number of benzene rings is 3. The average Bonchev–Trinajstić information content (AvgIpc) is 3.42. The molecule has 8 rings (SSSR count). The number of fused-ring (bicyclic) bond motifs is 2. The smallest absolute Gasteiger partial charge is 0.262 e. The molecule has 3 unspecified atom stereocenters. The summed E-state index contributed by atoms with van der Waals surface area (Å²) in [6.07, 6.45) is 2.39. The van der Waals surface area contributed by atoms with Crippen molar-refractivity contribution in [3.05, 3.63) is 76.1 Å². The summed E-state index contributed by atoms with van der Waals surface area (Å²) in [5, 5.41) is 2.64. The molecule has 0 bridgehead atoms. The zero-order chi connectivity index (χ0) is 38.5. The van der Waals surface area contributed by atoms with E-state index in [1.807, 2.05) is 18.2 Å². The van der Waals surface area contributed by atoms with Crippen molar-refractivity contribution in [1.29, 1.82) is 0 Å². The fourth-order valence-corrected chi connectivity index (χ4v) is 8.91. The van der Waals surface area contributed by atoms with Gasteiger partial charge in [-0.25, -0.2) is 4.98 Å². The van der Waals surface area contributed by atoms with Crippen molar-refractivity contribution in [2.45, 2.75) is 57.7 Å². The molecule has 0 spiro atoms. The van der Waals surface area contributed by atoms with Gasteiger partial charge in [0.25, 0.3) is 17.4 Å². The standard InChI is InChI=1S/C41H45N7O7/c1-23-20-45(21-24(2)47(23)28-9-10-30-31(17-28)41(53)48(40(30)52)33-11-12-35(49)43-38(33)50)22-25-13-15-46(16-14-25)27-7-5-26(6-8-27)37-42-32-18-29(54-3)19-34(55-4)36(32)39(51)44-37/h5-10,17-19,23-25,33H,11-16,20-22H2,1-4H3,(H,42,44,51)(H,43,49,50). The monoisotopic (exact) mass is 747 g/mol. The minimum atomic E-state index is -0.981. The number of rotatable bonds is 8. The molecule has 286 valence electrons. The van der Waals surface area contributed by atoms with Crippen molar-refractivity contribution in [2.75, 3.05) is 56.7 Å². The lowest BCUT2D eigenvalue weighted by molar-refractivity contribution is -0.136. The largest absolute Gasteiger partial charge is 0.497 e. The Morgan fingerprint density at radius 1 is 0.800 bits per heavy atom. The lowest BCUT2D eigenvalue weighted by Crippen LogP contribution is -2.58. The third-order valence-electron chi connectivity index (χ3n) is 11.6. The van der Waals surface area contributed by atoms with Gasteiger partial charge in [0, 0.05) is 80.3 Å². The van der Waals surface area contributed by atoms with E-state index < -0.39 is 29.7 Å². The highest BCUT2D eigenvalue weighted by Crippen LogP contribution is 2.34. The minimum Gasteiger partial charge on any atom is -0.497 e. The van der Waals surface area contributed by atoms with Gasteiger partial charge in [0.1, 0.15) is 28.8 Å². The van der Waals surface area contributed by atoms with Gasteiger partial charge in [-0.1, -0.05) is 0 Å². The number of anilines is 2. The number of nitrogens with zero attached hydrogens (tertiary/aromatic N) is 5. The summed E-state index contributed by atoms with van der Waals surface area (Å²) in [6.45, 7) is 9.08.